The monoisotopic (exact) mass is 356 g/mol. The van der Waals surface area contributed by atoms with Crippen molar-refractivity contribution in [2.75, 3.05) is 13.2 Å². The van der Waals surface area contributed by atoms with Gasteiger partial charge in [0.2, 0.25) is 5.91 Å². The summed E-state index contributed by atoms with van der Waals surface area (Å²) in [6.45, 7) is 5.16. The first-order valence-corrected chi connectivity index (χ1v) is 8.78. The van der Waals surface area contributed by atoms with Crippen LogP contribution in [0.5, 0.6) is 0 Å². The molecular weight excluding hydrogens is 332 g/mol. The third-order valence-electron chi connectivity index (χ3n) is 4.64. The van der Waals surface area contributed by atoms with E-state index in [2.05, 4.69) is 10.4 Å². The summed E-state index contributed by atoms with van der Waals surface area (Å²) in [7, 11) is 0. The Kier molecular flexibility index (Phi) is 5.37. The van der Waals surface area contributed by atoms with Gasteiger partial charge in [0.1, 0.15) is 6.54 Å². The molecule has 1 aliphatic rings. The molecule has 2 heterocycles. The van der Waals surface area contributed by atoms with E-state index >= 15 is 0 Å². The lowest BCUT2D eigenvalue weighted by Gasteiger charge is -2.11. The van der Waals surface area contributed by atoms with Crippen molar-refractivity contribution in [2.45, 2.75) is 39.3 Å². The first-order chi connectivity index (χ1) is 12.5. The van der Waals surface area contributed by atoms with Crippen molar-refractivity contribution in [3.63, 3.8) is 0 Å². The molecule has 0 spiro atoms. The minimum Gasteiger partial charge on any atom is -0.376 e. The van der Waals surface area contributed by atoms with Gasteiger partial charge in [-0.25, -0.2) is 0 Å². The Bertz CT molecular complexity index is 805. The van der Waals surface area contributed by atoms with Crippen LogP contribution in [0, 0.1) is 13.8 Å². The molecule has 2 aromatic rings. The molecule has 1 aromatic heterocycles. The first kappa shape index (κ1) is 18.1. The highest BCUT2D eigenvalue weighted by atomic mass is 16.5. The maximum atomic E-state index is 12.3. The zero-order valence-electron chi connectivity index (χ0n) is 15.1. The Balaban J connectivity index is 1.72. The normalized spacial score (nSPS) is 16.6. The second-order valence-corrected chi connectivity index (χ2v) is 6.59. The van der Waals surface area contributed by atoms with Crippen molar-refractivity contribution in [3.05, 3.63) is 41.2 Å². The van der Waals surface area contributed by atoms with E-state index < -0.39 is 5.91 Å². The number of aromatic nitrogens is 2. The van der Waals surface area contributed by atoms with E-state index in [0.29, 0.717) is 12.1 Å². The van der Waals surface area contributed by atoms with Gasteiger partial charge >= 0.3 is 0 Å². The maximum absolute atomic E-state index is 12.3. The van der Waals surface area contributed by atoms with Gasteiger partial charge in [0.15, 0.2) is 0 Å². The molecule has 0 unspecified atom stereocenters. The lowest BCUT2D eigenvalue weighted by Crippen LogP contribution is -2.31. The number of hydrogen-bond acceptors (Lipinski definition) is 4. The predicted octanol–water partition coefficient (Wildman–Crippen LogP) is 1.56. The minimum absolute atomic E-state index is 0.0520. The summed E-state index contributed by atoms with van der Waals surface area (Å²) in [6, 6.07) is 7.38. The van der Waals surface area contributed by atoms with Crippen LogP contribution in [0.3, 0.4) is 0 Å². The van der Waals surface area contributed by atoms with E-state index in [-0.39, 0.29) is 18.6 Å². The molecule has 138 valence electrons. The summed E-state index contributed by atoms with van der Waals surface area (Å²) in [4.78, 5) is 23.4. The lowest BCUT2D eigenvalue weighted by atomic mass is 10.0. The molecule has 1 fully saturated rings. The van der Waals surface area contributed by atoms with Gasteiger partial charge < -0.3 is 15.8 Å². The molecule has 3 rings (SSSR count). The van der Waals surface area contributed by atoms with Crippen LogP contribution in [0.2, 0.25) is 0 Å². The van der Waals surface area contributed by atoms with Crippen molar-refractivity contribution in [1.82, 2.24) is 15.1 Å². The van der Waals surface area contributed by atoms with Crippen LogP contribution < -0.4 is 11.1 Å². The zero-order chi connectivity index (χ0) is 18.7. The van der Waals surface area contributed by atoms with Crippen molar-refractivity contribution < 1.29 is 14.3 Å². The standard InChI is InChI=1S/C19H24N4O3/c1-12-18(13(2)23(22-12)11-17(20)24)14-5-7-15(8-6-14)19(25)21-10-16-4-3-9-26-16/h5-8,16H,3-4,9-11H2,1-2H3,(H2,20,24)(H,21,25)/t16-/m0/s1. The third-order valence-corrected chi connectivity index (χ3v) is 4.64. The smallest absolute Gasteiger partial charge is 0.251 e. The molecule has 0 aliphatic carbocycles. The van der Waals surface area contributed by atoms with Crippen molar-refractivity contribution in [1.29, 1.82) is 0 Å². The number of nitrogens with one attached hydrogen (secondary N) is 1. The Hall–Kier alpha value is -2.67. The zero-order valence-corrected chi connectivity index (χ0v) is 15.1. The number of carbonyl (C=O) groups excluding carboxylic acids is 2. The van der Waals surface area contributed by atoms with Crippen molar-refractivity contribution in [3.8, 4) is 11.1 Å². The van der Waals surface area contributed by atoms with E-state index in [1.54, 1.807) is 16.8 Å². The number of rotatable bonds is 6. The number of primary amides is 1. The molecule has 7 heteroatoms. The topological polar surface area (TPSA) is 99.2 Å². The molecule has 7 nitrogen and oxygen atoms in total. The van der Waals surface area contributed by atoms with Gasteiger partial charge in [-0.05, 0) is 44.4 Å². The van der Waals surface area contributed by atoms with Crippen molar-refractivity contribution >= 4 is 11.8 Å². The van der Waals surface area contributed by atoms with E-state index in [4.69, 9.17) is 10.5 Å². The second-order valence-electron chi connectivity index (χ2n) is 6.59. The number of hydrogen-bond donors (Lipinski definition) is 2. The summed E-state index contributed by atoms with van der Waals surface area (Å²) >= 11 is 0. The SMILES string of the molecule is Cc1nn(CC(N)=O)c(C)c1-c1ccc(C(=O)NC[C@@H]2CCCO2)cc1. The fourth-order valence-corrected chi connectivity index (χ4v) is 3.32. The molecule has 3 N–H and O–H groups in total. The first-order valence-electron chi connectivity index (χ1n) is 8.78. The molecule has 2 amide bonds. The van der Waals surface area contributed by atoms with Gasteiger partial charge in [-0.1, -0.05) is 12.1 Å². The van der Waals surface area contributed by atoms with Gasteiger partial charge in [0.25, 0.3) is 5.91 Å². The fourth-order valence-electron chi connectivity index (χ4n) is 3.32. The number of carbonyl (C=O) groups is 2. The minimum atomic E-state index is -0.430. The number of ether oxygens (including phenoxy) is 1. The molecule has 1 atom stereocenters. The van der Waals surface area contributed by atoms with Gasteiger partial charge in [0, 0.05) is 30.0 Å². The van der Waals surface area contributed by atoms with Gasteiger partial charge in [0.05, 0.1) is 11.8 Å². The number of benzene rings is 1. The van der Waals surface area contributed by atoms with E-state index in [9.17, 15) is 9.59 Å². The lowest BCUT2D eigenvalue weighted by molar-refractivity contribution is -0.118. The van der Waals surface area contributed by atoms with Gasteiger partial charge in [-0.2, -0.15) is 5.10 Å². The Morgan fingerprint density at radius 2 is 2.04 bits per heavy atom. The van der Waals surface area contributed by atoms with Crippen LogP contribution in [0.1, 0.15) is 34.6 Å². The molecule has 0 bridgehead atoms. The molecule has 1 saturated heterocycles. The van der Waals surface area contributed by atoms with Crippen LogP contribution >= 0.6 is 0 Å². The number of nitrogens with zero attached hydrogens (tertiary/aromatic N) is 2. The highest BCUT2D eigenvalue weighted by Crippen LogP contribution is 2.27. The Labute approximate surface area is 152 Å². The van der Waals surface area contributed by atoms with Crippen LogP contribution in [-0.4, -0.2) is 40.9 Å². The number of amides is 2. The predicted molar refractivity (Wildman–Crippen MR) is 97.6 cm³/mol. The summed E-state index contributed by atoms with van der Waals surface area (Å²) < 4.78 is 7.12. The van der Waals surface area contributed by atoms with E-state index in [0.717, 1.165) is 42.0 Å². The highest BCUT2D eigenvalue weighted by molar-refractivity contribution is 5.94. The van der Waals surface area contributed by atoms with E-state index in [1.165, 1.54) is 0 Å². The van der Waals surface area contributed by atoms with Crippen LogP contribution in [0.4, 0.5) is 0 Å². The average Bonchev–Trinajstić information content (AvgIpc) is 3.21. The molecule has 26 heavy (non-hydrogen) atoms. The largest absolute Gasteiger partial charge is 0.376 e. The molecule has 0 saturated carbocycles. The Morgan fingerprint density at radius 1 is 1.31 bits per heavy atom. The third kappa shape index (κ3) is 3.94. The fraction of sp³-hybridized carbons (Fsp3) is 0.421. The van der Waals surface area contributed by atoms with Crippen molar-refractivity contribution in [2.24, 2.45) is 5.73 Å². The van der Waals surface area contributed by atoms with Crippen LogP contribution in [0.15, 0.2) is 24.3 Å². The van der Waals surface area contributed by atoms with E-state index in [1.807, 2.05) is 26.0 Å². The maximum Gasteiger partial charge on any atom is 0.251 e. The summed E-state index contributed by atoms with van der Waals surface area (Å²) in [5.74, 6) is -0.537. The number of nitrogens with two attached hydrogens (primary N) is 1. The van der Waals surface area contributed by atoms with Gasteiger partial charge in [-0.15, -0.1) is 0 Å². The quantitative estimate of drug-likeness (QED) is 0.820. The molecule has 1 aliphatic heterocycles. The second kappa shape index (κ2) is 7.70. The van der Waals surface area contributed by atoms with Crippen LogP contribution in [-0.2, 0) is 16.1 Å². The summed E-state index contributed by atoms with van der Waals surface area (Å²) in [5, 5.41) is 7.30. The van der Waals surface area contributed by atoms with Crippen LogP contribution in [0.25, 0.3) is 11.1 Å². The summed E-state index contributed by atoms with van der Waals surface area (Å²) in [6.07, 6.45) is 2.17. The average molecular weight is 356 g/mol. The highest BCUT2D eigenvalue weighted by Gasteiger charge is 2.18. The van der Waals surface area contributed by atoms with Gasteiger partial charge in [-0.3, -0.25) is 14.3 Å². The Morgan fingerprint density at radius 3 is 2.65 bits per heavy atom. The molecule has 1 aromatic carbocycles. The molecular formula is C19H24N4O3. The molecule has 0 radical (unpaired) electrons. The number of aryl methyl sites for hydroxylation is 1. The summed E-state index contributed by atoms with van der Waals surface area (Å²) in [5.41, 5.74) is 9.47.